The molecular formula is C16H20F3NO2. The first-order chi connectivity index (χ1) is 10.2. The van der Waals surface area contributed by atoms with Gasteiger partial charge in [0.1, 0.15) is 6.04 Å². The maximum atomic E-state index is 12.7. The van der Waals surface area contributed by atoms with Gasteiger partial charge in [0.15, 0.2) is 0 Å². The predicted molar refractivity (Wildman–Crippen MR) is 76.6 cm³/mol. The lowest BCUT2D eigenvalue weighted by Crippen LogP contribution is -2.43. The average molecular weight is 315 g/mol. The third kappa shape index (κ3) is 3.61. The fourth-order valence-corrected chi connectivity index (χ4v) is 3.03. The van der Waals surface area contributed by atoms with Gasteiger partial charge < -0.3 is 5.11 Å². The van der Waals surface area contributed by atoms with Gasteiger partial charge in [0.2, 0.25) is 0 Å². The first-order valence-electron chi connectivity index (χ1n) is 7.31. The van der Waals surface area contributed by atoms with Crippen molar-refractivity contribution >= 4 is 5.97 Å². The van der Waals surface area contributed by atoms with E-state index in [9.17, 15) is 23.1 Å². The Kier molecular flexibility index (Phi) is 4.80. The Morgan fingerprint density at radius 1 is 1.27 bits per heavy atom. The van der Waals surface area contributed by atoms with Crippen molar-refractivity contribution in [3.05, 3.63) is 34.9 Å². The van der Waals surface area contributed by atoms with E-state index >= 15 is 0 Å². The minimum absolute atomic E-state index is 0.0435. The third-order valence-electron chi connectivity index (χ3n) is 4.32. The Bertz CT molecular complexity index is 549. The molecule has 0 radical (unpaired) electrons. The minimum atomic E-state index is -4.19. The van der Waals surface area contributed by atoms with Crippen LogP contribution in [0.5, 0.6) is 0 Å². The van der Waals surface area contributed by atoms with Crippen molar-refractivity contribution in [2.24, 2.45) is 5.92 Å². The fourth-order valence-electron chi connectivity index (χ4n) is 3.03. The van der Waals surface area contributed by atoms with Crippen LogP contribution in [0.15, 0.2) is 18.2 Å². The molecule has 6 heteroatoms. The third-order valence-corrected chi connectivity index (χ3v) is 4.32. The van der Waals surface area contributed by atoms with E-state index in [4.69, 9.17) is 0 Å². The Labute approximate surface area is 127 Å². The van der Waals surface area contributed by atoms with Crippen LogP contribution in [0.3, 0.4) is 0 Å². The van der Waals surface area contributed by atoms with E-state index in [1.54, 1.807) is 4.90 Å². The summed E-state index contributed by atoms with van der Waals surface area (Å²) in [7, 11) is 0. The number of carboxylic acids is 1. The average Bonchev–Trinajstić information content (AvgIpc) is 2.42. The van der Waals surface area contributed by atoms with Gasteiger partial charge in [-0.1, -0.05) is 23.8 Å². The molecule has 1 saturated heterocycles. The molecule has 1 fully saturated rings. The molecule has 0 aromatic heterocycles. The van der Waals surface area contributed by atoms with Crippen molar-refractivity contribution in [1.29, 1.82) is 0 Å². The first kappa shape index (κ1) is 16.8. The summed E-state index contributed by atoms with van der Waals surface area (Å²) in [4.78, 5) is 13.3. The maximum absolute atomic E-state index is 12.7. The van der Waals surface area contributed by atoms with Crippen LogP contribution in [0.25, 0.3) is 0 Å². The van der Waals surface area contributed by atoms with Gasteiger partial charge in [0.05, 0.1) is 5.92 Å². The second kappa shape index (κ2) is 6.28. The highest BCUT2D eigenvalue weighted by Crippen LogP contribution is 2.37. The number of hydrogen-bond donors (Lipinski definition) is 1. The summed E-state index contributed by atoms with van der Waals surface area (Å²) in [6.07, 6.45) is -4.28. The van der Waals surface area contributed by atoms with Crippen LogP contribution in [0, 0.1) is 19.8 Å². The summed E-state index contributed by atoms with van der Waals surface area (Å²) >= 11 is 0. The molecule has 3 nitrogen and oxygen atoms in total. The lowest BCUT2D eigenvalue weighted by Gasteiger charge is -2.36. The number of hydrogen-bond acceptors (Lipinski definition) is 2. The van der Waals surface area contributed by atoms with Gasteiger partial charge in [-0.3, -0.25) is 9.69 Å². The van der Waals surface area contributed by atoms with Gasteiger partial charge in [-0.2, -0.15) is 13.2 Å². The van der Waals surface area contributed by atoms with Crippen molar-refractivity contribution in [2.45, 2.75) is 38.9 Å². The van der Waals surface area contributed by atoms with Crippen LogP contribution >= 0.6 is 0 Å². The second-order valence-electron chi connectivity index (χ2n) is 5.95. The van der Waals surface area contributed by atoms with Crippen LogP contribution in [0.2, 0.25) is 0 Å². The Balaban J connectivity index is 2.20. The van der Waals surface area contributed by atoms with Gasteiger partial charge in [0, 0.05) is 0 Å². The number of aliphatic carboxylic acids is 1. The molecule has 0 aliphatic carbocycles. The number of alkyl halides is 3. The molecule has 1 unspecified atom stereocenters. The van der Waals surface area contributed by atoms with Gasteiger partial charge >= 0.3 is 12.1 Å². The normalized spacial score (nSPS) is 19.1. The predicted octanol–water partition coefficient (Wildman–Crippen LogP) is 3.70. The monoisotopic (exact) mass is 315 g/mol. The number of carboxylic acid groups (broad SMARTS) is 1. The molecule has 0 bridgehead atoms. The number of aryl methyl sites for hydroxylation is 2. The smallest absolute Gasteiger partial charge is 0.391 e. The number of halogens is 3. The summed E-state index contributed by atoms with van der Waals surface area (Å²) in [5.74, 6) is -2.34. The lowest BCUT2D eigenvalue weighted by atomic mass is 9.92. The highest BCUT2D eigenvalue weighted by atomic mass is 19.4. The minimum Gasteiger partial charge on any atom is -0.480 e. The van der Waals surface area contributed by atoms with Gasteiger partial charge in [-0.25, -0.2) is 0 Å². The van der Waals surface area contributed by atoms with Gasteiger partial charge in [0.25, 0.3) is 0 Å². The molecular weight excluding hydrogens is 295 g/mol. The molecule has 0 spiro atoms. The van der Waals surface area contributed by atoms with Crippen molar-refractivity contribution in [2.75, 3.05) is 13.1 Å². The summed E-state index contributed by atoms with van der Waals surface area (Å²) in [5.41, 5.74) is 2.45. The molecule has 22 heavy (non-hydrogen) atoms. The van der Waals surface area contributed by atoms with E-state index in [1.165, 1.54) is 0 Å². The number of rotatable bonds is 3. The SMILES string of the molecule is Cc1ccc(C)c(C(C(=O)O)N2CCC(C(F)(F)F)CC2)c1. The number of carbonyl (C=O) groups is 1. The second-order valence-corrected chi connectivity index (χ2v) is 5.95. The number of nitrogens with zero attached hydrogens (tertiary/aromatic N) is 1. The fraction of sp³-hybridized carbons (Fsp3) is 0.562. The zero-order valence-corrected chi connectivity index (χ0v) is 12.7. The van der Waals surface area contributed by atoms with Crippen molar-refractivity contribution < 1.29 is 23.1 Å². The Hall–Kier alpha value is -1.56. The van der Waals surface area contributed by atoms with Crippen LogP contribution in [-0.4, -0.2) is 35.2 Å². The molecule has 1 aliphatic rings. The Morgan fingerprint density at radius 3 is 2.36 bits per heavy atom. The number of piperidine rings is 1. The number of likely N-dealkylation sites (tertiary alicyclic amines) is 1. The zero-order valence-electron chi connectivity index (χ0n) is 12.7. The van der Waals surface area contributed by atoms with Gasteiger partial charge in [-0.05, 0) is 50.9 Å². The van der Waals surface area contributed by atoms with Crippen LogP contribution < -0.4 is 0 Å². The van der Waals surface area contributed by atoms with E-state index in [0.29, 0.717) is 5.56 Å². The quantitative estimate of drug-likeness (QED) is 0.924. The van der Waals surface area contributed by atoms with E-state index in [1.807, 2.05) is 32.0 Å². The van der Waals surface area contributed by atoms with Crippen LogP contribution in [-0.2, 0) is 4.79 Å². The summed E-state index contributed by atoms with van der Waals surface area (Å²) in [6, 6.07) is 4.68. The molecule has 1 atom stereocenters. The van der Waals surface area contributed by atoms with Crippen molar-refractivity contribution in [3.63, 3.8) is 0 Å². The molecule has 0 amide bonds. The molecule has 1 N–H and O–H groups in total. The van der Waals surface area contributed by atoms with E-state index in [0.717, 1.165) is 11.1 Å². The zero-order chi connectivity index (χ0) is 16.5. The van der Waals surface area contributed by atoms with Gasteiger partial charge in [-0.15, -0.1) is 0 Å². The molecule has 1 aliphatic heterocycles. The molecule has 2 rings (SSSR count). The molecule has 1 aromatic carbocycles. The van der Waals surface area contributed by atoms with Crippen molar-refractivity contribution in [1.82, 2.24) is 4.90 Å². The van der Waals surface area contributed by atoms with E-state index < -0.39 is 24.1 Å². The standard InChI is InChI=1S/C16H20F3NO2/c1-10-3-4-11(2)13(9-10)14(15(21)22)20-7-5-12(6-8-20)16(17,18)19/h3-4,9,12,14H,5-8H2,1-2H3,(H,21,22). The topological polar surface area (TPSA) is 40.5 Å². The molecule has 0 saturated carbocycles. The highest BCUT2D eigenvalue weighted by Gasteiger charge is 2.43. The summed E-state index contributed by atoms with van der Waals surface area (Å²) in [5, 5.41) is 9.56. The lowest BCUT2D eigenvalue weighted by molar-refractivity contribution is -0.187. The van der Waals surface area contributed by atoms with E-state index in [-0.39, 0.29) is 25.9 Å². The molecule has 1 aromatic rings. The van der Waals surface area contributed by atoms with Crippen molar-refractivity contribution in [3.8, 4) is 0 Å². The van der Waals surface area contributed by atoms with Crippen LogP contribution in [0.1, 0.15) is 35.6 Å². The Morgan fingerprint density at radius 2 is 1.86 bits per heavy atom. The molecule has 1 heterocycles. The number of benzene rings is 1. The first-order valence-corrected chi connectivity index (χ1v) is 7.31. The summed E-state index contributed by atoms with van der Waals surface area (Å²) < 4.78 is 38.2. The highest BCUT2D eigenvalue weighted by molar-refractivity contribution is 5.76. The largest absolute Gasteiger partial charge is 0.480 e. The maximum Gasteiger partial charge on any atom is 0.391 e. The molecule has 122 valence electrons. The van der Waals surface area contributed by atoms with Crippen LogP contribution in [0.4, 0.5) is 13.2 Å². The summed E-state index contributed by atoms with van der Waals surface area (Å²) in [6.45, 7) is 3.99. The van der Waals surface area contributed by atoms with E-state index in [2.05, 4.69) is 0 Å².